The number of hydrogen-bond donors (Lipinski definition) is 1. The number of esters is 1. The summed E-state index contributed by atoms with van der Waals surface area (Å²) in [5, 5.41) is 2.34. The molecular weight excluding hydrogens is 486 g/mol. The molecule has 1 atom stereocenters. The van der Waals surface area contributed by atoms with Gasteiger partial charge in [0.15, 0.2) is 20.9 Å². The van der Waals surface area contributed by atoms with E-state index in [2.05, 4.69) is 10.1 Å². The number of allylic oxidation sites excluding steroid dienone is 1. The molecule has 6 nitrogen and oxygen atoms in total. The number of halogens is 1. The minimum absolute atomic E-state index is 0.0125. The number of ether oxygens (including phenoxy) is 1. The Kier molecular flexibility index (Phi) is 8.48. The molecule has 0 saturated carbocycles. The Morgan fingerprint density at radius 1 is 1.03 bits per heavy atom. The van der Waals surface area contributed by atoms with Crippen LogP contribution in [0.4, 0.5) is 11.4 Å². The lowest BCUT2D eigenvalue weighted by Gasteiger charge is -2.13. The predicted octanol–water partition coefficient (Wildman–Crippen LogP) is 5.61. The van der Waals surface area contributed by atoms with E-state index in [0.717, 1.165) is 30.2 Å². The Balaban J connectivity index is 1.80. The average molecular weight is 512 g/mol. The highest BCUT2D eigenvalue weighted by Crippen LogP contribution is 2.28. The molecule has 3 aromatic carbocycles. The number of hydrogen-bond acceptors (Lipinski definition) is 6. The summed E-state index contributed by atoms with van der Waals surface area (Å²) in [6.45, 7) is 1.88. The van der Waals surface area contributed by atoms with Gasteiger partial charge >= 0.3 is 5.97 Å². The summed E-state index contributed by atoms with van der Waals surface area (Å²) in [5.41, 5.74) is 4.09. The van der Waals surface area contributed by atoms with Gasteiger partial charge in [-0.25, -0.2) is 8.42 Å². The number of methoxy groups -OCH3 is 1. The maximum absolute atomic E-state index is 12.9. The number of ketones is 1. The van der Waals surface area contributed by atoms with Crippen LogP contribution < -0.4 is 5.32 Å². The van der Waals surface area contributed by atoms with Crippen molar-refractivity contribution in [3.8, 4) is 0 Å². The molecule has 0 fully saturated rings. The highest BCUT2D eigenvalue weighted by molar-refractivity contribution is 7.92. The summed E-state index contributed by atoms with van der Waals surface area (Å²) in [5.74, 6) is -0.937. The molecule has 0 spiro atoms. The van der Waals surface area contributed by atoms with E-state index in [1.165, 1.54) is 0 Å². The normalized spacial score (nSPS) is 12.3. The van der Waals surface area contributed by atoms with Crippen LogP contribution in [0, 0.1) is 6.92 Å². The third-order valence-corrected chi connectivity index (χ3v) is 7.20. The fourth-order valence-electron chi connectivity index (χ4n) is 3.56. The number of anilines is 2. The van der Waals surface area contributed by atoms with Crippen LogP contribution in [0.5, 0.6) is 0 Å². The second kappa shape index (κ2) is 11.3. The SMILES string of the molecule is COC(=O)C(CC=Cc1ccccc1Nc1ccc(C(=O)c2ccccc2C)c(Cl)c1)S(C)(=O)=O. The fourth-order valence-corrected chi connectivity index (χ4v) is 4.73. The minimum atomic E-state index is -3.61. The highest BCUT2D eigenvalue weighted by Gasteiger charge is 2.28. The molecule has 0 aliphatic rings. The van der Waals surface area contributed by atoms with E-state index in [1.54, 1.807) is 36.4 Å². The van der Waals surface area contributed by atoms with Crippen molar-refractivity contribution in [2.75, 3.05) is 18.7 Å². The van der Waals surface area contributed by atoms with Gasteiger partial charge in [-0.1, -0.05) is 66.2 Å². The zero-order valence-electron chi connectivity index (χ0n) is 19.6. The van der Waals surface area contributed by atoms with Crippen molar-refractivity contribution >= 4 is 50.6 Å². The van der Waals surface area contributed by atoms with Crippen LogP contribution in [-0.2, 0) is 19.4 Å². The Morgan fingerprint density at radius 2 is 1.71 bits per heavy atom. The Hall–Kier alpha value is -3.42. The Bertz CT molecular complexity index is 1380. The van der Waals surface area contributed by atoms with Crippen molar-refractivity contribution in [2.45, 2.75) is 18.6 Å². The molecule has 0 aromatic heterocycles. The first-order valence-corrected chi connectivity index (χ1v) is 13.1. The van der Waals surface area contributed by atoms with E-state index in [-0.39, 0.29) is 12.2 Å². The van der Waals surface area contributed by atoms with Crippen molar-refractivity contribution in [1.29, 1.82) is 0 Å². The largest absolute Gasteiger partial charge is 0.468 e. The van der Waals surface area contributed by atoms with Crippen LogP contribution in [0.2, 0.25) is 5.02 Å². The number of carbonyl (C=O) groups is 2. The molecule has 1 unspecified atom stereocenters. The van der Waals surface area contributed by atoms with Crippen molar-refractivity contribution in [1.82, 2.24) is 0 Å². The lowest BCUT2D eigenvalue weighted by molar-refractivity contribution is -0.140. The zero-order valence-corrected chi connectivity index (χ0v) is 21.2. The summed E-state index contributed by atoms with van der Waals surface area (Å²) >= 11 is 6.46. The molecule has 35 heavy (non-hydrogen) atoms. The first-order valence-electron chi connectivity index (χ1n) is 10.8. The topological polar surface area (TPSA) is 89.5 Å². The van der Waals surface area contributed by atoms with Crippen LogP contribution in [0.1, 0.15) is 33.5 Å². The number of benzene rings is 3. The Labute approximate surface area is 210 Å². The van der Waals surface area contributed by atoms with Gasteiger partial charge < -0.3 is 10.1 Å². The molecule has 3 aromatic rings. The number of rotatable bonds is 9. The summed E-state index contributed by atoms with van der Waals surface area (Å²) in [4.78, 5) is 24.8. The van der Waals surface area contributed by atoms with Gasteiger partial charge in [-0.2, -0.15) is 0 Å². The number of aryl methyl sites for hydroxylation is 1. The smallest absolute Gasteiger partial charge is 0.324 e. The van der Waals surface area contributed by atoms with Gasteiger partial charge in [-0.3, -0.25) is 9.59 Å². The van der Waals surface area contributed by atoms with Crippen molar-refractivity contribution in [3.63, 3.8) is 0 Å². The van der Waals surface area contributed by atoms with Crippen LogP contribution in [0.15, 0.2) is 72.8 Å². The molecule has 182 valence electrons. The summed E-state index contributed by atoms with van der Waals surface area (Å²) < 4.78 is 28.4. The quantitative estimate of drug-likeness (QED) is 0.296. The molecular formula is C27H26ClNO5S. The maximum atomic E-state index is 12.9. The summed E-state index contributed by atoms with van der Waals surface area (Å²) in [6, 6.07) is 19.9. The summed E-state index contributed by atoms with van der Waals surface area (Å²) in [7, 11) is -2.45. The van der Waals surface area contributed by atoms with E-state index in [4.69, 9.17) is 11.6 Å². The van der Waals surface area contributed by atoms with E-state index in [1.807, 2.05) is 49.4 Å². The number of carbonyl (C=O) groups excluding carboxylic acids is 2. The maximum Gasteiger partial charge on any atom is 0.324 e. The van der Waals surface area contributed by atoms with E-state index < -0.39 is 21.1 Å². The van der Waals surface area contributed by atoms with Gasteiger partial charge in [0.05, 0.1) is 12.1 Å². The van der Waals surface area contributed by atoms with Crippen molar-refractivity contribution in [3.05, 3.63) is 100 Å². The van der Waals surface area contributed by atoms with Gasteiger partial charge in [-0.05, 0) is 48.7 Å². The summed E-state index contributed by atoms with van der Waals surface area (Å²) in [6.07, 6.45) is 4.36. The monoisotopic (exact) mass is 511 g/mol. The molecule has 0 aliphatic carbocycles. The van der Waals surface area contributed by atoms with Crippen LogP contribution >= 0.6 is 11.6 Å². The molecule has 0 bridgehead atoms. The molecule has 0 amide bonds. The molecule has 3 rings (SSSR count). The molecule has 8 heteroatoms. The zero-order chi connectivity index (χ0) is 25.6. The fraction of sp³-hybridized carbons (Fsp3) is 0.185. The first-order chi connectivity index (χ1) is 16.6. The lowest BCUT2D eigenvalue weighted by Crippen LogP contribution is -2.30. The highest BCUT2D eigenvalue weighted by atomic mass is 35.5. The second-order valence-electron chi connectivity index (χ2n) is 8.03. The van der Waals surface area contributed by atoms with Crippen LogP contribution in [-0.4, -0.2) is 38.8 Å². The number of sulfone groups is 1. The second-order valence-corrected chi connectivity index (χ2v) is 10.7. The van der Waals surface area contributed by atoms with Gasteiger partial charge in [0, 0.05) is 28.8 Å². The minimum Gasteiger partial charge on any atom is -0.468 e. The third-order valence-electron chi connectivity index (χ3n) is 5.47. The lowest BCUT2D eigenvalue weighted by atomic mass is 9.99. The predicted molar refractivity (Wildman–Crippen MR) is 140 cm³/mol. The molecule has 0 saturated heterocycles. The number of para-hydroxylation sites is 1. The van der Waals surface area contributed by atoms with E-state index in [9.17, 15) is 18.0 Å². The molecule has 1 N–H and O–H groups in total. The van der Waals surface area contributed by atoms with E-state index in [0.29, 0.717) is 21.8 Å². The average Bonchev–Trinajstić information content (AvgIpc) is 2.81. The van der Waals surface area contributed by atoms with Crippen LogP contribution in [0.3, 0.4) is 0 Å². The van der Waals surface area contributed by atoms with Gasteiger partial charge in [-0.15, -0.1) is 0 Å². The third kappa shape index (κ3) is 6.59. The van der Waals surface area contributed by atoms with Crippen LogP contribution in [0.25, 0.3) is 6.08 Å². The number of nitrogens with one attached hydrogen (secondary N) is 1. The molecule has 0 aliphatic heterocycles. The van der Waals surface area contributed by atoms with Crippen molar-refractivity contribution < 1.29 is 22.7 Å². The van der Waals surface area contributed by atoms with Crippen molar-refractivity contribution in [2.24, 2.45) is 0 Å². The first kappa shape index (κ1) is 26.2. The van der Waals surface area contributed by atoms with Gasteiger partial charge in [0.25, 0.3) is 0 Å². The van der Waals surface area contributed by atoms with Gasteiger partial charge in [0.1, 0.15) is 0 Å². The molecule has 0 radical (unpaired) electrons. The van der Waals surface area contributed by atoms with E-state index >= 15 is 0 Å². The molecule has 0 heterocycles. The standard InChI is InChI=1S/C27H26ClNO5S/c1-18-9-4-6-12-21(18)26(30)22-16-15-20(17-23(22)28)29-24-13-7-5-10-19(24)11-8-14-25(27(31)34-2)35(3,32)33/h4-13,15-17,25,29H,14H2,1-3H3. The Morgan fingerprint density at radius 3 is 2.37 bits per heavy atom. The van der Waals surface area contributed by atoms with Gasteiger partial charge in [0.2, 0.25) is 0 Å².